The van der Waals surface area contributed by atoms with Gasteiger partial charge in [-0.3, -0.25) is 14.7 Å². The van der Waals surface area contributed by atoms with Crippen molar-refractivity contribution in [1.82, 2.24) is 9.97 Å². The van der Waals surface area contributed by atoms with Crippen molar-refractivity contribution >= 4 is 44.4 Å². The highest BCUT2D eigenvalue weighted by molar-refractivity contribution is 7.99. The van der Waals surface area contributed by atoms with E-state index < -0.39 is 0 Å². The van der Waals surface area contributed by atoms with E-state index in [0.717, 1.165) is 33.1 Å². The Bertz CT molecular complexity index is 1030. The van der Waals surface area contributed by atoms with E-state index in [0.29, 0.717) is 13.0 Å². The summed E-state index contributed by atoms with van der Waals surface area (Å²) in [7, 11) is 0. The van der Waals surface area contributed by atoms with E-state index in [1.807, 2.05) is 59.5 Å². The van der Waals surface area contributed by atoms with Crippen LogP contribution in [0.3, 0.4) is 0 Å². The van der Waals surface area contributed by atoms with E-state index in [1.165, 1.54) is 4.90 Å². The zero-order chi connectivity index (χ0) is 19.9. The number of hydrogen-bond acceptors (Lipinski definition) is 5. The summed E-state index contributed by atoms with van der Waals surface area (Å²) in [4.78, 5) is 24.9. The van der Waals surface area contributed by atoms with Crippen LogP contribution in [0, 0.1) is 0 Å². The quantitative estimate of drug-likeness (QED) is 0.268. The summed E-state index contributed by atoms with van der Waals surface area (Å²) in [6.07, 6.45) is 4.84. The average Bonchev–Trinajstić information content (AvgIpc) is 3.20. The molecule has 0 aliphatic carbocycles. The normalized spacial score (nSPS) is 10.9. The number of rotatable bonds is 8. The molecule has 29 heavy (non-hydrogen) atoms. The molecular formula is C23H21N3OS2. The van der Waals surface area contributed by atoms with Crippen molar-refractivity contribution in [2.45, 2.75) is 24.3 Å². The van der Waals surface area contributed by atoms with Crippen molar-refractivity contribution in [3.8, 4) is 0 Å². The SMILES string of the molecule is O=C(CCCSc1ccccc1)N(Cc1ccncc1)c1nc2ccccc2s1. The van der Waals surface area contributed by atoms with Crippen LogP contribution in [0.2, 0.25) is 0 Å². The fourth-order valence-electron chi connectivity index (χ4n) is 2.97. The highest BCUT2D eigenvalue weighted by atomic mass is 32.2. The van der Waals surface area contributed by atoms with Crippen molar-refractivity contribution in [3.05, 3.63) is 84.7 Å². The maximum Gasteiger partial charge on any atom is 0.229 e. The molecular weight excluding hydrogens is 398 g/mol. The molecule has 0 unspecified atom stereocenters. The van der Waals surface area contributed by atoms with Crippen molar-refractivity contribution in [2.75, 3.05) is 10.7 Å². The summed E-state index contributed by atoms with van der Waals surface area (Å²) >= 11 is 3.35. The zero-order valence-electron chi connectivity index (χ0n) is 15.9. The fraction of sp³-hybridized carbons (Fsp3) is 0.174. The lowest BCUT2D eigenvalue weighted by molar-refractivity contribution is -0.118. The first kappa shape index (κ1) is 19.6. The first-order valence-electron chi connectivity index (χ1n) is 9.52. The third-order valence-electron chi connectivity index (χ3n) is 4.45. The molecule has 146 valence electrons. The van der Waals surface area contributed by atoms with Crippen LogP contribution in [0.25, 0.3) is 10.2 Å². The molecule has 0 bridgehead atoms. The van der Waals surface area contributed by atoms with E-state index in [9.17, 15) is 4.79 Å². The van der Waals surface area contributed by atoms with Gasteiger partial charge in [-0.15, -0.1) is 11.8 Å². The van der Waals surface area contributed by atoms with Crippen LogP contribution in [0.15, 0.2) is 84.0 Å². The summed E-state index contributed by atoms with van der Waals surface area (Å²) in [6, 6.07) is 22.2. The molecule has 0 atom stereocenters. The van der Waals surface area contributed by atoms with Gasteiger partial charge in [-0.2, -0.15) is 0 Å². The Hall–Kier alpha value is -2.70. The van der Waals surface area contributed by atoms with Crippen LogP contribution in [-0.2, 0) is 11.3 Å². The van der Waals surface area contributed by atoms with Gasteiger partial charge in [0.1, 0.15) is 0 Å². The molecule has 0 spiro atoms. The Labute approximate surface area is 178 Å². The monoisotopic (exact) mass is 419 g/mol. The zero-order valence-corrected chi connectivity index (χ0v) is 17.5. The minimum absolute atomic E-state index is 0.106. The molecule has 2 aromatic heterocycles. The Kier molecular flexibility index (Phi) is 6.54. The molecule has 4 rings (SSSR count). The number of anilines is 1. The van der Waals surface area contributed by atoms with Crippen LogP contribution in [0.5, 0.6) is 0 Å². The summed E-state index contributed by atoms with van der Waals surface area (Å²) in [5.41, 5.74) is 1.98. The standard InChI is InChI=1S/C23H21N3OS2/c27-22(11-6-16-28-19-7-2-1-3-8-19)26(17-18-12-14-24-15-13-18)23-25-20-9-4-5-10-21(20)29-23/h1-5,7-10,12-15H,6,11,16-17H2. The summed E-state index contributed by atoms with van der Waals surface area (Å²) in [6.45, 7) is 0.507. The van der Waals surface area contributed by atoms with Crippen LogP contribution in [0.4, 0.5) is 5.13 Å². The second-order valence-electron chi connectivity index (χ2n) is 6.56. The molecule has 2 aromatic carbocycles. The van der Waals surface area contributed by atoms with Crippen LogP contribution in [0.1, 0.15) is 18.4 Å². The molecule has 6 heteroatoms. The molecule has 0 aliphatic rings. The number of nitrogens with zero attached hydrogens (tertiary/aromatic N) is 3. The fourth-order valence-corrected chi connectivity index (χ4v) is 4.83. The predicted octanol–water partition coefficient (Wildman–Crippen LogP) is 5.80. The number of benzene rings is 2. The highest BCUT2D eigenvalue weighted by Gasteiger charge is 2.20. The number of para-hydroxylation sites is 1. The molecule has 4 aromatic rings. The molecule has 0 aliphatic heterocycles. The second-order valence-corrected chi connectivity index (χ2v) is 8.74. The number of fused-ring (bicyclic) bond motifs is 1. The molecule has 0 radical (unpaired) electrons. The van der Waals surface area contributed by atoms with Gasteiger partial charge < -0.3 is 0 Å². The number of thiazole rings is 1. The van der Waals surface area contributed by atoms with Gasteiger partial charge in [0.05, 0.1) is 16.8 Å². The lowest BCUT2D eigenvalue weighted by atomic mass is 10.2. The smallest absolute Gasteiger partial charge is 0.229 e. The van der Waals surface area contributed by atoms with Crippen molar-refractivity contribution in [1.29, 1.82) is 0 Å². The topological polar surface area (TPSA) is 46.1 Å². The molecule has 1 amide bonds. The highest BCUT2D eigenvalue weighted by Crippen LogP contribution is 2.30. The van der Waals surface area contributed by atoms with Gasteiger partial charge in [0.2, 0.25) is 5.91 Å². The van der Waals surface area contributed by atoms with E-state index in [1.54, 1.807) is 35.5 Å². The number of hydrogen-bond donors (Lipinski definition) is 0. The Balaban J connectivity index is 1.46. The van der Waals surface area contributed by atoms with Gasteiger partial charge in [-0.25, -0.2) is 4.98 Å². The van der Waals surface area contributed by atoms with Crippen LogP contribution < -0.4 is 4.90 Å². The summed E-state index contributed by atoms with van der Waals surface area (Å²) in [5.74, 6) is 1.02. The van der Waals surface area contributed by atoms with Gasteiger partial charge >= 0.3 is 0 Å². The third-order valence-corrected chi connectivity index (χ3v) is 6.61. The number of thioether (sulfide) groups is 1. The minimum atomic E-state index is 0.106. The lowest BCUT2D eigenvalue weighted by Gasteiger charge is -2.20. The van der Waals surface area contributed by atoms with Gasteiger partial charge in [-0.1, -0.05) is 41.7 Å². The molecule has 0 N–H and O–H groups in total. The summed E-state index contributed by atoms with van der Waals surface area (Å²) < 4.78 is 1.09. The third kappa shape index (κ3) is 5.22. The first-order valence-corrected chi connectivity index (χ1v) is 11.3. The van der Waals surface area contributed by atoms with Crippen molar-refractivity contribution < 1.29 is 4.79 Å². The number of amides is 1. The Morgan fingerprint density at radius 1 is 0.966 bits per heavy atom. The van der Waals surface area contributed by atoms with Crippen LogP contribution >= 0.6 is 23.1 Å². The largest absolute Gasteiger partial charge is 0.284 e. The number of carbonyl (C=O) groups excluding carboxylic acids is 1. The van der Waals surface area contributed by atoms with Crippen molar-refractivity contribution in [3.63, 3.8) is 0 Å². The Morgan fingerprint density at radius 3 is 2.52 bits per heavy atom. The molecule has 0 saturated heterocycles. The maximum absolute atomic E-state index is 13.1. The molecule has 4 nitrogen and oxygen atoms in total. The molecule has 2 heterocycles. The minimum Gasteiger partial charge on any atom is -0.284 e. The van der Waals surface area contributed by atoms with Gasteiger partial charge in [-0.05, 0) is 54.1 Å². The van der Waals surface area contributed by atoms with E-state index in [-0.39, 0.29) is 5.91 Å². The number of carbonyl (C=O) groups is 1. The summed E-state index contributed by atoms with van der Waals surface area (Å²) in [5, 5.41) is 0.753. The first-order chi connectivity index (χ1) is 14.3. The molecule has 0 saturated carbocycles. The van der Waals surface area contributed by atoms with Crippen molar-refractivity contribution in [2.24, 2.45) is 0 Å². The van der Waals surface area contributed by atoms with E-state index in [2.05, 4.69) is 17.1 Å². The number of aromatic nitrogens is 2. The van der Waals surface area contributed by atoms with Gasteiger partial charge in [0.25, 0.3) is 0 Å². The van der Waals surface area contributed by atoms with E-state index in [4.69, 9.17) is 4.98 Å². The van der Waals surface area contributed by atoms with E-state index >= 15 is 0 Å². The number of pyridine rings is 1. The second kappa shape index (κ2) is 9.67. The lowest BCUT2D eigenvalue weighted by Crippen LogP contribution is -2.30. The van der Waals surface area contributed by atoms with Gasteiger partial charge in [0, 0.05) is 23.7 Å². The average molecular weight is 420 g/mol. The maximum atomic E-state index is 13.1. The van der Waals surface area contributed by atoms with Gasteiger partial charge in [0.15, 0.2) is 5.13 Å². The predicted molar refractivity (Wildman–Crippen MR) is 121 cm³/mol. The molecule has 0 fully saturated rings. The van der Waals surface area contributed by atoms with Crippen LogP contribution in [-0.4, -0.2) is 21.6 Å². The Morgan fingerprint density at radius 2 is 1.72 bits per heavy atom.